The first-order chi connectivity index (χ1) is 11.5. The van der Waals surface area contributed by atoms with Crippen LogP contribution in [0.4, 0.5) is 5.69 Å². The predicted octanol–water partition coefficient (Wildman–Crippen LogP) is 4.70. The van der Waals surface area contributed by atoms with Crippen LogP contribution in [0.5, 0.6) is 0 Å². The molecule has 3 rings (SSSR count). The highest BCUT2D eigenvalue weighted by atomic mass is 35.5. The Balaban J connectivity index is 1.95. The summed E-state index contributed by atoms with van der Waals surface area (Å²) in [5.74, 6) is -0.210. The van der Waals surface area contributed by atoms with Gasteiger partial charge in [0.1, 0.15) is 0 Å². The Morgan fingerprint density at radius 3 is 2.46 bits per heavy atom. The fourth-order valence-electron chi connectivity index (χ4n) is 2.70. The van der Waals surface area contributed by atoms with Crippen molar-refractivity contribution in [2.24, 2.45) is 0 Å². The molecule has 1 amide bonds. The zero-order valence-electron chi connectivity index (χ0n) is 13.8. The highest BCUT2D eigenvalue weighted by Crippen LogP contribution is 2.25. The van der Waals surface area contributed by atoms with Crippen LogP contribution in [-0.2, 0) is 0 Å². The number of benzene rings is 2. The van der Waals surface area contributed by atoms with Crippen LogP contribution < -0.4 is 5.32 Å². The van der Waals surface area contributed by atoms with Crippen LogP contribution in [0, 0.1) is 20.8 Å². The fourth-order valence-corrected chi connectivity index (χ4v) is 2.98. The van der Waals surface area contributed by atoms with Crippen molar-refractivity contribution in [2.45, 2.75) is 20.8 Å². The van der Waals surface area contributed by atoms with Gasteiger partial charge in [0.25, 0.3) is 5.91 Å². The highest BCUT2D eigenvalue weighted by molar-refractivity contribution is 6.34. The second-order valence-corrected chi connectivity index (χ2v) is 6.14. The van der Waals surface area contributed by atoms with Gasteiger partial charge in [0, 0.05) is 0 Å². The first kappa shape index (κ1) is 16.3. The number of rotatable bonds is 3. The van der Waals surface area contributed by atoms with Gasteiger partial charge in [0.15, 0.2) is 0 Å². The number of aromatic nitrogens is 2. The summed E-state index contributed by atoms with van der Waals surface area (Å²) in [4.78, 5) is 12.7. The lowest BCUT2D eigenvalue weighted by Gasteiger charge is -2.09. The third-order valence-corrected chi connectivity index (χ3v) is 4.20. The Bertz CT molecular complexity index is 900. The van der Waals surface area contributed by atoms with E-state index in [2.05, 4.69) is 10.4 Å². The van der Waals surface area contributed by atoms with Gasteiger partial charge in [-0.2, -0.15) is 5.10 Å². The predicted molar refractivity (Wildman–Crippen MR) is 97.2 cm³/mol. The van der Waals surface area contributed by atoms with Crippen molar-refractivity contribution >= 4 is 23.2 Å². The maximum atomic E-state index is 12.7. The van der Waals surface area contributed by atoms with E-state index in [1.165, 1.54) is 0 Å². The average molecular weight is 340 g/mol. The molecule has 1 N–H and O–H groups in total. The number of aryl methyl sites for hydroxylation is 2. The van der Waals surface area contributed by atoms with Gasteiger partial charge < -0.3 is 5.32 Å². The second-order valence-electron chi connectivity index (χ2n) is 5.73. The van der Waals surface area contributed by atoms with Gasteiger partial charge in [0.2, 0.25) is 0 Å². The van der Waals surface area contributed by atoms with Gasteiger partial charge in [-0.1, -0.05) is 35.9 Å². The number of carbonyl (C=O) groups excluding carboxylic acids is 1. The summed E-state index contributed by atoms with van der Waals surface area (Å²) in [6, 6.07) is 15.3. The van der Waals surface area contributed by atoms with Crippen LogP contribution >= 0.6 is 11.6 Å². The monoisotopic (exact) mass is 339 g/mol. The van der Waals surface area contributed by atoms with Crippen molar-refractivity contribution < 1.29 is 4.79 Å². The first-order valence-electron chi connectivity index (χ1n) is 7.66. The van der Waals surface area contributed by atoms with Gasteiger partial charge in [-0.15, -0.1) is 0 Å². The molecule has 1 aromatic heterocycles. The van der Waals surface area contributed by atoms with Crippen LogP contribution in [0.1, 0.15) is 27.3 Å². The Hall–Kier alpha value is -2.59. The van der Waals surface area contributed by atoms with E-state index < -0.39 is 0 Å². The number of anilines is 1. The van der Waals surface area contributed by atoms with E-state index in [1.807, 2.05) is 69.3 Å². The number of halogens is 1. The molecule has 0 saturated carbocycles. The zero-order chi connectivity index (χ0) is 17.3. The minimum Gasteiger partial charge on any atom is -0.321 e. The van der Waals surface area contributed by atoms with Crippen LogP contribution in [0.2, 0.25) is 5.02 Å². The minimum atomic E-state index is -0.210. The van der Waals surface area contributed by atoms with Crippen molar-refractivity contribution in [3.8, 4) is 5.69 Å². The summed E-state index contributed by atoms with van der Waals surface area (Å²) in [6.45, 7) is 5.67. The Kier molecular flexibility index (Phi) is 4.40. The lowest BCUT2D eigenvalue weighted by Crippen LogP contribution is -2.14. The third kappa shape index (κ3) is 3.05. The van der Waals surface area contributed by atoms with E-state index in [0.29, 0.717) is 22.0 Å². The Labute approximate surface area is 146 Å². The summed E-state index contributed by atoms with van der Waals surface area (Å²) in [7, 11) is 0. The van der Waals surface area contributed by atoms with Gasteiger partial charge in [0.05, 0.1) is 33.3 Å². The van der Waals surface area contributed by atoms with E-state index in [-0.39, 0.29) is 5.91 Å². The third-order valence-electron chi connectivity index (χ3n) is 3.89. The lowest BCUT2D eigenvalue weighted by molar-refractivity contribution is 0.102. The zero-order valence-corrected chi connectivity index (χ0v) is 14.6. The van der Waals surface area contributed by atoms with Gasteiger partial charge in [-0.05, 0) is 50.6 Å². The molecule has 0 atom stereocenters. The molecule has 0 radical (unpaired) electrons. The molecule has 0 aliphatic carbocycles. The van der Waals surface area contributed by atoms with Crippen LogP contribution in [0.15, 0.2) is 48.5 Å². The number of carbonyl (C=O) groups is 1. The minimum absolute atomic E-state index is 0.210. The Morgan fingerprint density at radius 1 is 1.08 bits per heavy atom. The van der Waals surface area contributed by atoms with Crippen LogP contribution in [0.25, 0.3) is 5.69 Å². The molecule has 0 aliphatic heterocycles. The van der Waals surface area contributed by atoms with Crippen molar-refractivity contribution in [2.75, 3.05) is 5.32 Å². The largest absolute Gasteiger partial charge is 0.321 e. The summed E-state index contributed by atoms with van der Waals surface area (Å²) >= 11 is 6.21. The van der Waals surface area contributed by atoms with Crippen molar-refractivity contribution in [1.29, 1.82) is 0 Å². The van der Waals surface area contributed by atoms with Crippen LogP contribution in [0.3, 0.4) is 0 Å². The molecule has 0 bridgehead atoms. The van der Waals surface area contributed by atoms with E-state index in [9.17, 15) is 4.79 Å². The SMILES string of the molecule is Cc1ccc(NC(=O)c2c(C)nn(-c3ccccc3)c2C)c(Cl)c1. The molecular formula is C19H18ClN3O. The quantitative estimate of drug-likeness (QED) is 0.751. The lowest BCUT2D eigenvalue weighted by atomic mass is 10.1. The second kappa shape index (κ2) is 6.49. The summed E-state index contributed by atoms with van der Waals surface area (Å²) < 4.78 is 1.78. The molecule has 0 unspecified atom stereocenters. The molecule has 0 aliphatic rings. The fraction of sp³-hybridized carbons (Fsp3) is 0.158. The first-order valence-corrected chi connectivity index (χ1v) is 8.04. The average Bonchev–Trinajstić information content (AvgIpc) is 2.85. The molecule has 24 heavy (non-hydrogen) atoms. The molecule has 5 heteroatoms. The van der Waals surface area contributed by atoms with Gasteiger partial charge in [-0.25, -0.2) is 4.68 Å². The number of nitrogens with one attached hydrogen (secondary N) is 1. The van der Waals surface area contributed by atoms with Crippen molar-refractivity contribution in [3.05, 3.63) is 76.1 Å². The van der Waals surface area contributed by atoms with E-state index in [0.717, 1.165) is 16.9 Å². The molecule has 0 fully saturated rings. The van der Waals surface area contributed by atoms with Gasteiger partial charge >= 0.3 is 0 Å². The topological polar surface area (TPSA) is 46.9 Å². The molecule has 3 aromatic rings. The molecule has 1 heterocycles. The van der Waals surface area contributed by atoms with E-state index in [1.54, 1.807) is 4.68 Å². The summed E-state index contributed by atoms with van der Waals surface area (Å²) in [5, 5.41) is 7.90. The molecule has 4 nitrogen and oxygen atoms in total. The molecule has 122 valence electrons. The number of hydrogen-bond acceptors (Lipinski definition) is 2. The van der Waals surface area contributed by atoms with Gasteiger partial charge in [-0.3, -0.25) is 4.79 Å². The summed E-state index contributed by atoms with van der Waals surface area (Å²) in [6.07, 6.45) is 0. The maximum Gasteiger partial charge on any atom is 0.259 e. The number of para-hydroxylation sites is 1. The standard InChI is InChI=1S/C19H18ClN3O/c1-12-9-10-17(16(20)11-12)21-19(24)18-13(2)22-23(14(18)3)15-7-5-4-6-8-15/h4-11H,1-3H3,(H,21,24). The number of amides is 1. The van der Waals surface area contributed by atoms with E-state index >= 15 is 0 Å². The smallest absolute Gasteiger partial charge is 0.259 e. The maximum absolute atomic E-state index is 12.7. The normalized spacial score (nSPS) is 10.7. The van der Waals surface area contributed by atoms with Crippen molar-refractivity contribution in [3.63, 3.8) is 0 Å². The van der Waals surface area contributed by atoms with E-state index in [4.69, 9.17) is 11.6 Å². The van der Waals surface area contributed by atoms with Crippen molar-refractivity contribution in [1.82, 2.24) is 9.78 Å². The molecule has 0 spiro atoms. The van der Waals surface area contributed by atoms with Crippen LogP contribution in [-0.4, -0.2) is 15.7 Å². The highest BCUT2D eigenvalue weighted by Gasteiger charge is 2.20. The Morgan fingerprint density at radius 2 is 1.79 bits per heavy atom. The number of nitrogens with zero attached hydrogens (tertiary/aromatic N) is 2. The molecular weight excluding hydrogens is 322 g/mol. The number of hydrogen-bond donors (Lipinski definition) is 1. The summed E-state index contributed by atoms with van der Waals surface area (Å²) in [5.41, 5.74) is 4.60. The molecule has 2 aromatic carbocycles. The molecule has 0 saturated heterocycles.